The standard InChI is InChI=1S/C18H25F3N2O3/c1-4-16(13-5-7-14(8-6-13)18(19,20)21)23-9-12(2)22(17(24)25)10-15(23)11-26-3/h5-8,12,15-16H,4,9-11H2,1-3H3,(H,24,25). The number of methoxy groups -OCH3 is 1. The molecule has 0 aliphatic carbocycles. The van der Waals surface area contributed by atoms with Gasteiger partial charge in [-0.2, -0.15) is 13.2 Å². The van der Waals surface area contributed by atoms with Gasteiger partial charge in [-0.1, -0.05) is 19.1 Å². The number of amides is 1. The summed E-state index contributed by atoms with van der Waals surface area (Å²) in [4.78, 5) is 15.0. The molecule has 1 fully saturated rings. The number of alkyl halides is 3. The van der Waals surface area contributed by atoms with Crippen molar-refractivity contribution < 1.29 is 27.8 Å². The third kappa shape index (κ3) is 4.48. The second-order valence-electron chi connectivity index (χ2n) is 6.63. The van der Waals surface area contributed by atoms with Crippen molar-refractivity contribution in [2.45, 2.75) is 44.6 Å². The van der Waals surface area contributed by atoms with E-state index in [0.29, 0.717) is 26.1 Å². The summed E-state index contributed by atoms with van der Waals surface area (Å²) in [5.41, 5.74) is 0.117. The number of hydrogen-bond donors (Lipinski definition) is 1. The molecule has 26 heavy (non-hydrogen) atoms. The predicted molar refractivity (Wildman–Crippen MR) is 91.0 cm³/mol. The van der Waals surface area contributed by atoms with Crippen LogP contribution in [0.1, 0.15) is 37.4 Å². The van der Waals surface area contributed by atoms with Gasteiger partial charge in [0.2, 0.25) is 0 Å². The van der Waals surface area contributed by atoms with Crippen molar-refractivity contribution >= 4 is 6.09 Å². The lowest BCUT2D eigenvalue weighted by Crippen LogP contribution is -2.60. The van der Waals surface area contributed by atoms with Gasteiger partial charge < -0.3 is 14.7 Å². The van der Waals surface area contributed by atoms with Gasteiger partial charge in [0, 0.05) is 32.3 Å². The highest BCUT2D eigenvalue weighted by Gasteiger charge is 2.38. The van der Waals surface area contributed by atoms with Crippen LogP contribution in [0.5, 0.6) is 0 Å². The Morgan fingerprint density at radius 3 is 2.38 bits per heavy atom. The highest BCUT2D eigenvalue weighted by Crippen LogP contribution is 2.33. The summed E-state index contributed by atoms with van der Waals surface area (Å²) in [5.74, 6) is 0. The van der Waals surface area contributed by atoms with E-state index in [9.17, 15) is 23.1 Å². The zero-order valence-electron chi connectivity index (χ0n) is 15.2. The lowest BCUT2D eigenvalue weighted by Gasteiger charge is -2.47. The van der Waals surface area contributed by atoms with E-state index in [1.54, 1.807) is 7.11 Å². The molecule has 146 valence electrons. The summed E-state index contributed by atoms with van der Waals surface area (Å²) >= 11 is 0. The molecule has 1 aliphatic rings. The zero-order valence-corrected chi connectivity index (χ0v) is 15.2. The van der Waals surface area contributed by atoms with Crippen LogP contribution in [0.15, 0.2) is 24.3 Å². The molecule has 1 amide bonds. The average Bonchev–Trinajstić information content (AvgIpc) is 2.57. The van der Waals surface area contributed by atoms with E-state index in [2.05, 4.69) is 4.90 Å². The average molecular weight is 374 g/mol. The number of carbonyl (C=O) groups is 1. The highest BCUT2D eigenvalue weighted by atomic mass is 19.4. The van der Waals surface area contributed by atoms with Crippen LogP contribution in [0.3, 0.4) is 0 Å². The Labute approximate surface area is 151 Å². The van der Waals surface area contributed by atoms with Crippen molar-refractivity contribution in [2.24, 2.45) is 0 Å². The number of halogens is 3. The molecule has 8 heteroatoms. The predicted octanol–water partition coefficient (Wildman–Crippen LogP) is 3.86. The van der Waals surface area contributed by atoms with E-state index in [1.165, 1.54) is 17.0 Å². The summed E-state index contributed by atoms with van der Waals surface area (Å²) in [6.45, 7) is 4.97. The van der Waals surface area contributed by atoms with Crippen molar-refractivity contribution in [2.75, 3.05) is 26.8 Å². The van der Waals surface area contributed by atoms with Crippen molar-refractivity contribution in [3.8, 4) is 0 Å². The van der Waals surface area contributed by atoms with Gasteiger partial charge in [0.1, 0.15) is 0 Å². The first-order valence-corrected chi connectivity index (χ1v) is 8.60. The number of carboxylic acid groups (broad SMARTS) is 1. The van der Waals surface area contributed by atoms with E-state index in [-0.39, 0.29) is 18.1 Å². The molecule has 3 atom stereocenters. The van der Waals surface area contributed by atoms with E-state index >= 15 is 0 Å². The summed E-state index contributed by atoms with van der Waals surface area (Å²) in [6.07, 6.45) is -4.63. The molecule has 2 rings (SSSR count). The van der Waals surface area contributed by atoms with E-state index in [1.807, 2.05) is 13.8 Å². The van der Waals surface area contributed by atoms with Crippen LogP contribution < -0.4 is 0 Å². The number of piperazine rings is 1. The molecule has 1 N–H and O–H groups in total. The smallest absolute Gasteiger partial charge is 0.416 e. The number of ether oxygens (including phenoxy) is 1. The quantitative estimate of drug-likeness (QED) is 0.851. The van der Waals surface area contributed by atoms with Gasteiger partial charge >= 0.3 is 12.3 Å². The van der Waals surface area contributed by atoms with Crippen LogP contribution >= 0.6 is 0 Å². The molecule has 1 aromatic rings. The number of hydrogen-bond acceptors (Lipinski definition) is 3. The fourth-order valence-corrected chi connectivity index (χ4v) is 3.61. The fraction of sp³-hybridized carbons (Fsp3) is 0.611. The Balaban J connectivity index is 2.27. The first kappa shape index (κ1) is 20.5. The van der Waals surface area contributed by atoms with E-state index in [0.717, 1.165) is 17.7 Å². The Kier molecular flexibility index (Phi) is 6.52. The van der Waals surface area contributed by atoms with Crippen molar-refractivity contribution in [1.29, 1.82) is 0 Å². The minimum atomic E-state index is -4.36. The zero-order chi connectivity index (χ0) is 19.5. The lowest BCUT2D eigenvalue weighted by molar-refractivity contribution is -0.137. The minimum absolute atomic E-state index is 0.101. The molecule has 0 saturated carbocycles. The number of nitrogens with zero attached hydrogens (tertiary/aromatic N) is 2. The third-order valence-electron chi connectivity index (χ3n) is 4.90. The second-order valence-corrected chi connectivity index (χ2v) is 6.63. The lowest BCUT2D eigenvalue weighted by atomic mass is 9.96. The van der Waals surface area contributed by atoms with Crippen LogP contribution in [0.4, 0.5) is 18.0 Å². The largest absolute Gasteiger partial charge is 0.465 e. The summed E-state index contributed by atoms with van der Waals surface area (Å²) in [5, 5.41) is 9.36. The van der Waals surface area contributed by atoms with Crippen molar-refractivity contribution in [3.05, 3.63) is 35.4 Å². The molecule has 1 aromatic carbocycles. The molecule has 0 aromatic heterocycles. The Morgan fingerprint density at radius 2 is 1.92 bits per heavy atom. The van der Waals surface area contributed by atoms with Crippen LogP contribution in [-0.4, -0.2) is 59.9 Å². The Bertz CT molecular complexity index is 607. The fourth-order valence-electron chi connectivity index (χ4n) is 3.61. The van der Waals surface area contributed by atoms with Gasteiger partial charge in [-0.15, -0.1) is 0 Å². The first-order chi connectivity index (χ1) is 12.2. The van der Waals surface area contributed by atoms with Crippen LogP contribution in [0.25, 0.3) is 0 Å². The Morgan fingerprint density at radius 1 is 1.31 bits per heavy atom. The van der Waals surface area contributed by atoms with Crippen molar-refractivity contribution in [3.63, 3.8) is 0 Å². The molecular formula is C18H25F3N2O3. The summed E-state index contributed by atoms with van der Waals surface area (Å²) < 4.78 is 43.7. The summed E-state index contributed by atoms with van der Waals surface area (Å²) in [6, 6.07) is 4.75. The van der Waals surface area contributed by atoms with Gasteiger partial charge in [-0.25, -0.2) is 4.79 Å². The van der Waals surface area contributed by atoms with Gasteiger partial charge in [0.25, 0.3) is 0 Å². The van der Waals surface area contributed by atoms with Gasteiger partial charge in [-0.3, -0.25) is 4.90 Å². The molecular weight excluding hydrogens is 349 g/mol. The molecule has 0 bridgehead atoms. The SMILES string of the molecule is CCC(c1ccc(C(F)(F)F)cc1)N1CC(C)N(C(=O)O)CC1COC. The topological polar surface area (TPSA) is 53.0 Å². The van der Waals surface area contributed by atoms with Gasteiger partial charge in [0.05, 0.1) is 18.2 Å². The molecule has 1 saturated heterocycles. The van der Waals surface area contributed by atoms with Crippen LogP contribution in [0.2, 0.25) is 0 Å². The normalized spacial score (nSPS) is 23.1. The number of rotatable bonds is 5. The van der Waals surface area contributed by atoms with Crippen LogP contribution in [-0.2, 0) is 10.9 Å². The molecule has 1 aliphatic heterocycles. The van der Waals surface area contributed by atoms with Crippen molar-refractivity contribution in [1.82, 2.24) is 9.80 Å². The monoisotopic (exact) mass is 374 g/mol. The minimum Gasteiger partial charge on any atom is -0.465 e. The maximum absolute atomic E-state index is 12.8. The maximum Gasteiger partial charge on any atom is 0.416 e. The van der Waals surface area contributed by atoms with Crippen LogP contribution in [0, 0.1) is 0 Å². The molecule has 5 nitrogen and oxygen atoms in total. The summed E-state index contributed by atoms with van der Waals surface area (Å²) in [7, 11) is 1.56. The maximum atomic E-state index is 12.8. The molecule has 0 spiro atoms. The molecule has 3 unspecified atom stereocenters. The molecule has 0 radical (unpaired) electrons. The van der Waals surface area contributed by atoms with E-state index in [4.69, 9.17) is 4.74 Å². The Hall–Kier alpha value is -1.80. The third-order valence-corrected chi connectivity index (χ3v) is 4.90. The first-order valence-electron chi connectivity index (χ1n) is 8.60. The number of benzene rings is 1. The van der Waals surface area contributed by atoms with Gasteiger partial charge in [-0.05, 0) is 31.0 Å². The second kappa shape index (κ2) is 8.26. The van der Waals surface area contributed by atoms with E-state index < -0.39 is 17.8 Å². The highest BCUT2D eigenvalue weighted by molar-refractivity contribution is 5.65. The molecule has 1 heterocycles. The van der Waals surface area contributed by atoms with Gasteiger partial charge in [0.15, 0.2) is 0 Å².